The van der Waals surface area contributed by atoms with Crippen LogP contribution in [0.15, 0.2) is 30.4 Å². The summed E-state index contributed by atoms with van der Waals surface area (Å²) >= 11 is 0. The average Bonchev–Trinajstić information content (AvgIpc) is 3.33. The normalized spacial score (nSPS) is 39.4. The highest BCUT2D eigenvalue weighted by atomic mass is 19.1. The number of anilines is 1. The lowest BCUT2D eigenvalue weighted by atomic mass is 9.63. The molecule has 6 atom stereocenters. The number of carbonyl (C=O) groups is 3. The van der Waals surface area contributed by atoms with Crippen molar-refractivity contribution in [1.29, 1.82) is 0 Å². The first-order valence-electron chi connectivity index (χ1n) is 7.92. The molecule has 0 aromatic heterocycles. The molecule has 5 heteroatoms. The molecule has 0 N–H and O–H groups in total. The topological polar surface area (TPSA) is 54.5 Å². The van der Waals surface area contributed by atoms with E-state index in [1.54, 1.807) is 0 Å². The van der Waals surface area contributed by atoms with Gasteiger partial charge in [0.05, 0.1) is 17.5 Å². The fraction of sp³-hybridized carbons (Fsp3) is 0.389. The van der Waals surface area contributed by atoms with E-state index in [4.69, 9.17) is 0 Å². The maximum absolute atomic E-state index is 14.3. The molecule has 5 aliphatic rings. The molecule has 1 saturated heterocycles. The number of nitrogens with zero attached hydrogens (tertiary/aromatic N) is 1. The van der Waals surface area contributed by atoms with E-state index in [0.29, 0.717) is 18.1 Å². The number of hydrogen-bond acceptors (Lipinski definition) is 3. The number of halogens is 1. The first-order valence-corrected chi connectivity index (χ1v) is 7.92. The van der Waals surface area contributed by atoms with Gasteiger partial charge in [0, 0.05) is 5.56 Å². The summed E-state index contributed by atoms with van der Waals surface area (Å²) in [6.45, 7) is 0. The minimum Gasteiger partial charge on any atom is -0.298 e. The van der Waals surface area contributed by atoms with Crippen LogP contribution in [0.3, 0.4) is 0 Å². The van der Waals surface area contributed by atoms with Crippen molar-refractivity contribution in [2.45, 2.75) is 6.42 Å². The molecule has 2 amide bonds. The Bertz CT molecular complexity index is 765. The van der Waals surface area contributed by atoms with E-state index in [-0.39, 0.29) is 46.7 Å². The van der Waals surface area contributed by atoms with E-state index in [2.05, 4.69) is 12.2 Å². The van der Waals surface area contributed by atoms with Crippen molar-refractivity contribution >= 4 is 23.8 Å². The molecule has 1 aromatic carbocycles. The van der Waals surface area contributed by atoms with Gasteiger partial charge in [-0.1, -0.05) is 12.2 Å². The highest BCUT2D eigenvalue weighted by Gasteiger charge is 2.67. The zero-order chi connectivity index (χ0) is 15.9. The molecule has 2 saturated carbocycles. The van der Waals surface area contributed by atoms with Gasteiger partial charge in [0.25, 0.3) is 0 Å². The molecule has 0 unspecified atom stereocenters. The summed E-state index contributed by atoms with van der Waals surface area (Å²) in [5, 5.41) is 0. The van der Waals surface area contributed by atoms with E-state index in [0.717, 1.165) is 17.4 Å². The van der Waals surface area contributed by atoms with Crippen molar-refractivity contribution in [3.8, 4) is 0 Å². The molecule has 23 heavy (non-hydrogen) atoms. The van der Waals surface area contributed by atoms with Gasteiger partial charge >= 0.3 is 0 Å². The third-order valence-electron chi connectivity index (χ3n) is 6.01. The molecule has 6 rings (SSSR count). The molecular weight excluding hydrogens is 297 g/mol. The number of amides is 2. The van der Waals surface area contributed by atoms with Gasteiger partial charge in [-0.25, -0.2) is 9.29 Å². The molecule has 1 heterocycles. The standard InChI is InChI=1S/C18H14FNO3/c19-13-5-8(7-21)1-4-14(13)20-17(22)15-9-2-3-10(12-6-11(9)12)16(15)18(20)23/h1-5,7,9-12,15-16H,6H2/t9-,10+,11+,12-,15-,16+. The van der Waals surface area contributed by atoms with Crippen molar-refractivity contribution in [1.82, 2.24) is 0 Å². The summed E-state index contributed by atoms with van der Waals surface area (Å²) in [6, 6.07) is 3.84. The lowest BCUT2D eigenvalue weighted by molar-refractivity contribution is -0.124. The lowest BCUT2D eigenvalue weighted by Gasteiger charge is -2.37. The van der Waals surface area contributed by atoms with Crippen LogP contribution in [0.2, 0.25) is 0 Å². The summed E-state index contributed by atoms with van der Waals surface area (Å²) in [4.78, 5) is 37.4. The Morgan fingerprint density at radius 3 is 2.17 bits per heavy atom. The van der Waals surface area contributed by atoms with Crippen LogP contribution < -0.4 is 4.90 Å². The monoisotopic (exact) mass is 311 g/mol. The zero-order valence-corrected chi connectivity index (χ0v) is 12.2. The number of imide groups is 1. The van der Waals surface area contributed by atoms with Crippen molar-refractivity contribution in [2.75, 3.05) is 4.90 Å². The molecule has 4 aliphatic carbocycles. The molecule has 4 nitrogen and oxygen atoms in total. The van der Waals surface area contributed by atoms with E-state index in [1.165, 1.54) is 12.1 Å². The molecular formula is C18H14FNO3. The van der Waals surface area contributed by atoms with E-state index >= 15 is 0 Å². The lowest BCUT2D eigenvalue weighted by Crippen LogP contribution is -2.40. The second-order valence-electron chi connectivity index (χ2n) is 7.00. The Kier molecular flexibility index (Phi) is 2.38. The Morgan fingerprint density at radius 2 is 1.65 bits per heavy atom. The molecule has 2 bridgehead atoms. The third-order valence-corrected chi connectivity index (χ3v) is 6.01. The fourth-order valence-electron chi connectivity index (χ4n) is 4.97. The maximum Gasteiger partial charge on any atom is 0.238 e. The van der Waals surface area contributed by atoms with E-state index in [1.807, 2.05) is 0 Å². The third kappa shape index (κ3) is 1.52. The minimum atomic E-state index is -0.708. The maximum atomic E-state index is 14.3. The smallest absolute Gasteiger partial charge is 0.238 e. The summed E-state index contributed by atoms with van der Waals surface area (Å²) in [7, 11) is 0. The van der Waals surface area contributed by atoms with Gasteiger partial charge in [0.1, 0.15) is 12.1 Å². The van der Waals surface area contributed by atoms with Gasteiger partial charge in [-0.05, 0) is 48.3 Å². The zero-order valence-electron chi connectivity index (χ0n) is 12.2. The summed E-state index contributed by atoms with van der Waals surface area (Å²) in [6.07, 6.45) is 5.80. The molecule has 116 valence electrons. The van der Waals surface area contributed by atoms with Crippen LogP contribution >= 0.6 is 0 Å². The number of allylic oxidation sites excluding steroid dienone is 2. The van der Waals surface area contributed by atoms with Gasteiger partial charge in [-0.15, -0.1) is 0 Å². The van der Waals surface area contributed by atoms with E-state index in [9.17, 15) is 18.8 Å². The minimum absolute atomic E-state index is 0.0342. The van der Waals surface area contributed by atoms with Gasteiger partial charge in [0.2, 0.25) is 11.8 Å². The van der Waals surface area contributed by atoms with Crippen LogP contribution in [0, 0.1) is 41.3 Å². The number of carbonyl (C=O) groups excluding carboxylic acids is 3. The second-order valence-corrected chi connectivity index (χ2v) is 7.00. The highest BCUT2D eigenvalue weighted by Crippen LogP contribution is 2.65. The molecule has 1 aliphatic heterocycles. The number of hydrogen-bond donors (Lipinski definition) is 0. The van der Waals surface area contributed by atoms with Crippen LogP contribution in [0.1, 0.15) is 16.8 Å². The summed E-state index contributed by atoms with van der Waals surface area (Å²) in [5.41, 5.74) is 0.152. The van der Waals surface area contributed by atoms with Crippen molar-refractivity contribution in [3.63, 3.8) is 0 Å². The molecule has 0 radical (unpaired) electrons. The average molecular weight is 311 g/mol. The predicted molar refractivity (Wildman–Crippen MR) is 79.0 cm³/mol. The van der Waals surface area contributed by atoms with Gasteiger partial charge in [0.15, 0.2) is 0 Å². The van der Waals surface area contributed by atoms with E-state index < -0.39 is 5.82 Å². The van der Waals surface area contributed by atoms with Crippen molar-refractivity contribution in [3.05, 3.63) is 41.7 Å². The van der Waals surface area contributed by atoms with Crippen LogP contribution in [0.4, 0.5) is 10.1 Å². The van der Waals surface area contributed by atoms with Gasteiger partial charge < -0.3 is 0 Å². The van der Waals surface area contributed by atoms with Crippen LogP contribution in [-0.2, 0) is 9.59 Å². The second kappa shape index (κ2) is 4.16. The Hall–Kier alpha value is -2.30. The highest BCUT2D eigenvalue weighted by molar-refractivity contribution is 6.22. The molecule has 1 aromatic rings. The van der Waals surface area contributed by atoms with Crippen LogP contribution in [0.5, 0.6) is 0 Å². The molecule has 3 fully saturated rings. The Labute approximate surface area is 132 Å². The van der Waals surface area contributed by atoms with Gasteiger partial charge in [-0.3, -0.25) is 14.4 Å². The number of benzene rings is 1. The predicted octanol–water partition coefficient (Wildman–Crippen LogP) is 2.20. The SMILES string of the molecule is O=Cc1ccc(N2C(=O)[C@@H]3[C@@H]4C=C[C@@H]([C@H]5C[C@@H]45)[C@@H]3C2=O)c(F)c1. The Morgan fingerprint density at radius 1 is 1.04 bits per heavy atom. The summed E-state index contributed by atoms with van der Waals surface area (Å²) in [5.74, 6) is -0.693. The first-order chi connectivity index (χ1) is 11.1. The quantitative estimate of drug-likeness (QED) is 0.478. The number of aldehydes is 1. The molecule has 0 spiro atoms. The van der Waals surface area contributed by atoms with Crippen LogP contribution in [-0.4, -0.2) is 18.1 Å². The first kappa shape index (κ1) is 13.2. The summed E-state index contributed by atoms with van der Waals surface area (Å²) < 4.78 is 14.3. The number of rotatable bonds is 2. The van der Waals surface area contributed by atoms with Crippen molar-refractivity contribution in [2.24, 2.45) is 35.5 Å². The van der Waals surface area contributed by atoms with Gasteiger partial charge in [-0.2, -0.15) is 0 Å². The van der Waals surface area contributed by atoms with Crippen LogP contribution in [0.25, 0.3) is 0 Å². The largest absolute Gasteiger partial charge is 0.298 e. The Balaban J connectivity index is 1.58. The van der Waals surface area contributed by atoms with Crippen molar-refractivity contribution < 1.29 is 18.8 Å². The fourth-order valence-corrected chi connectivity index (χ4v) is 4.97.